The van der Waals surface area contributed by atoms with Gasteiger partial charge in [0.2, 0.25) is 0 Å². The third-order valence-electron chi connectivity index (χ3n) is 6.89. The van der Waals surface area contributed by atoms with E-state index >= 15 is 4.39 Å². The smallest absolute Gasteiger partial charge is 0.158 e. The van der Waals surface area contributed by atoms with Crippen molar-refractivity contribution in [1.29, 1.82) is 5.26 Å². The van der Waals surface area contributed by atoms with Crippen LogP contribution in [-0.4, -0.2) is 32.2 Å². The fourth-order valence-corrected chi connectivity index (χ4v) is 4.67. The molecule has 3 aromatic rings. The van der Waals surface area contributed by atoms with Crippen molar-refractivity contribution < 1.29 is 23.0 Å². The van der Waals surface area contributed by atoms with Crippen molar-refractivity contribution in [2.75, 3.05) is 19.8 Å². The molecule has 0 amide bonds. The second-order valence-corrected chi connectivity index (χ2v) is 9.71. The van der Waals surface area contributed by atoms with E-state index in [1.807, 2.05) is 30.3 Å². The van der Waals surface area contributed by atoms with Crippen molar-refractivity contribution in [2.45, 2.75) is 70.7 Å². The van der Waals surface area contributed by atoms with E-state index in [4.69, 9.17) is 19.5 Å². The summed E-state index contributed by atoms with van der Waals surface area (Å²) in [7, 11) is 0. The number of nitrogens with zero attached hydrogens (tertiary/aromatic N) is 1. The molecule has 4 nitrogen and oxygen atoms in total. The number of nitriles is 1. The molecule has 1 fully saturated rings. The fraction of sp³-hybridized carbons (Fsp3) is 0.452. The molecule has 1 aliphatic rings. The Kier molecular flexibility index (Phi) is 10.0. The van der Waals surface area contributed by atoms with Crippen molar-refractivity contribution in [3.8, 4) is 6.07 Å². The molecular formula is C31H35F2NO3. The van der Waals surface area contributed by atoms with Crippen LogP contribution < -0.4 is 0 Å². The summed E-state index contributed by atoms with van der Waals surface area (Å²) in [5.41, 5.74) is 2.46. The van der Waals surface area contributed by atoms with Gasteiger partial charge in [-0.15, -0.1) is 0 Å². The number of unbranched alkanes of at least 4 members (excludes halogenated alkanes) is 3. The molecule has 0 spiro atoms. The highest BCUT2D eigenvalue weighted by Gasteiger charge is 2.22. The Balaban J connectivity index is 1.26. The summed E-state index contributed by atoms with van der Waals surface area (Å²) in [6, 6.07) is 15.9. The average Bonchev–Trinajstić information content (AvgIpc) is 2.92. The molecule has 4 rings (SSSR count). The Bertz CT molecular complexity index is 1220. The normalized spacial score (nSPS) is 17.7. The van der Waals surface area contributed by atoms with Crippen LogP contribution in [0.5, 0.6) is 0 Å². The molecule has 0 N–H and O–H groups in total. The molecule has 1 saturated heterocycles. The van der Waals surface area contributed by atoms with Gasteiger partial charge >= 0.3 is 0 Å². The lowest BCUT2D eigenvalue weighted by atomic mass is 9.98. The molecule has 0 unspecified atom stereocenters. The number of fused-ring (bicyclic) bond motifs is 1. The predicted octanol–water partition coefficient (Wildman–Crippen LogP) is 7.05. The first-order valence-corrected chi connectivity index (χ1v) is 13.3. The van der Waals surface area contributed by atoms with Crippen LogP contribution in [0.2, 0.25) is 0 Å². The van der Waals surface area contributed by atoms with Gasteiger partial charge in [-0.3, -0.25) is 0 Å². The van der Waals surface area contributed by atoms with Crippen molar-refractivity contribution in [2.24, 2.45) is 0 Å². The SMILES string of the molecule is CCCCCCOC1COC(CCc2ccc3c(F)c(CCc4ccc(C#N)c(F)c4)ccc3c2)OC1. The number of ether oxygens (including phenoxy) is 3. The Hall–Kier alpha value is -2.85. The van der Waals surface area contributed by atoms with E-state index in [1.54, 1.807) is 12.1 Å². The molecular weight excluding hydrogens is 472 g/mol. The Morgan fingerprint density at radius 2 is 1.70 bits per heavy atom. The maximum atomic E-state index is 15.2. The third-order valence-corrected chi connectivity index (χ3v) is 6.89. The quantitative estimate of drug-likeness (QED) is 0.247. The lowest BCUT2D eigenvalue weighted by Gasteiger charge is -2.29. The van der Waals surface area contributed by atoms with Gasteiger partial charge in [0.15, 0.2) is 6.29 Å². The van der Waals surface area contributed by atoms with Crippen molar-refractivity contribution >= 4 is 10.8 Å². The van der Waals surface area contributed by atoms with Gasteiger partial charge in [0, 0.05) is 18.4 Å². The van der Waals surface area contributed by atoms with Crippen LogP contribution in [0.3, 0.4) is 0 Å². The standard InChI is InChI=1S/C31H35F2NO3/c1-2-3-4-5-16-35-27-20-36-30(37-21-27)15-9-22-8-14-28-25(17-22)13-12-24(31(28)33)10-6-23-7-11-26(19-34)29(32)18-23/h7-8,11-14,17-18,27,30H,2-6,9-10,15-16,20-21H2,1H3. The molecule has 3 aromatic carbocycles. The maximum Gasteiger partial charge on any atom is 0.158 e. The number of hydrogen-bond donors (Lipinski definition) is 0. The van der Waals surface area contributed by atoms with Gasteiger partial charge < -0.3 is 14.2 Å². The largest absolute Gasteiger partial charge is 0.373 e. The summed E-state index contributed by atoms with van der Waals surface area (Å²) in [4.78, 5) is 0. The maximum absolute atomic E-state index is 15.2. The zero-order valence-corrected chi connectivity index (χ0v) is 21.5. The van der Waals surface area contributed by atoms with Crippen LogP contribution in [0.15, 0.2) is 48.5 Å². The van der Waals surface area contributed by atoms with E-state index < -0.39 is 5.82 Å². The van der Waals surface area contributed by atoms with E-state index in [9.17, 15) is 4.39 Å². The summed E-state index contributed by atoms with van der Waals surface area (Å²) >= 11 is 0. The molecule has 37 heavy (non-hydrogen) atoms. The number of rotatable bonds is 12. The summed E-state index contributed by atoms with van der Waals surface area (Å²) in [6.45, 7) is 4.06. The minimum atomic E-state index is -0.540. The van der Waals surface area contributed by atoms with Crippen LogP contribution in [0.25, 0.3) is 10.8 Å². The van der Waals surface area contributed by atoms with E-state index in [0.717, 1.165) is 42.4 Å². The van der Waals surface area contributed by atoms with Gasteiger partial charge in [-0.05, 0) is 59.9 Å². The Morgan fingerprint density at radius 3 is 2.46 bits per heavy atom. The zero-order valence-electron chi connectivity index (χ0n) is 21.5. The van der Waals surface area contributed by atoms with Gasteiger partial charge in [-0.25, -0.2) is 8.78 Å². The summed E-state index contributed by atoms with van der Waals surface area (Å²) in [6.07, 6.45) is 6.95. The van der Waals surface area contributed by atoms with Gasteiger partial charge in [-0.2, -0.15) is 5.26 Å². The van der Waals surface area contributed by atoms with Crippen molar-refractivity contribution in [3.63, 3.8) is 0 Å². The van der Waals surface area contributed by atoms with Gasteiger partial charge in [0.05, 0.1) is 18.8 Å². The summed E-state index contributed by atoms with van der Waals surface area (Å²) in [5.74, 6) is -0.778. The zero-order chi connectivity index (χ0) is 26.0. The molecule has 6 heteroatoms. The van der Waals surface area contributed by atoms with E-state index in [1.165, 1.54) is 31.4 Å². The highest BCUT2D eigenvalue weighted by Crippen LogP contribution is 2.25. The van der Waals surface area contributed by atoms with Gasteiger partial charge in [-0.1, -0.05) is 62.6 Å². The summed E-state index contributed by atoms with van der Waals surface area (Å²) < 4.78 is 46.6. The van der Waals surface area contributed by atoms with Gasteiger partial charge in [0.25, 0.3) is 0 Å². The number of halogens is 2. The first-order chi connectivity index (χ1) is 18.1. The first kappa shape index (κ1) is 27.2. The van der Waals surface area contributed by atoms with E-state index in [0.29, 0.717) is 37.0 Å². The molecule has 0 aliphatic carbocycles. The Labute approximate surface area is 218 Å². The molecule has 0 bridgehead atoms. The minimum absolute atomic E-state index is 0.00616. The molecule has 1 aliphatic heterocycles. The fourth-order valence-electron chi connectivity index (χ4n) is 4.67. The van der Waals surface area contributed by atoms with E-state index in [2.05, 4.69) is 6.92 Å². The topological polar surface area (TPSA) is 51.5 Å². The Morgan fingerprint density at radius 1 is 0.919 bits per heavy atom. The number of aryl methyl sites for hydroxylation is 3. The molecule has 0 aromatic heterocycles. The molecule has 0 saturated carbocycles. The highest BCUT2D eigenvalue weighted by atomic mass is 19.1. The second-order valence-electron chi connectivity index (χ2n) is 9.71. The summed E-state index contributed by atoms with van der Waals surface area (Å²) in [5, 5.41) is 10.3. The van der Waals surface area contributed by atoms with Crippen LogP contribution in [0.4, 0.5) is 8.78 Å². The molecule has 1 heterocycles. The average molecular weight is 508 g/mol. The van der Waals surface area contributed by atoms with Crippen LogP contribution in [0, 0.1) is 23.0 Å². The minimum Gasteiger partial charge on any atom is -0.373 e. The van der Waals surface area contributed by atoms with Crippen LogP contribution in [0.1, 0.15) is 61.3 Å². The second kappa shape index (κ2) is 13.6. The molecule has 196 valence electrons. The van der Waals surface area contributed by atoms with Gasteiger partial charge in [0.1, 0.15) is 23.8 Å². The lowest BCUT2D eigenvalue weighted by molar-refractivity contribution is -0.227. The van der Waals surface area contributed by atoms with E-state index in [-0.39, 0.29) is 23.8 Å². The van der Waals surface area contributed by atoms with Crippen LogP contribution in [-0.2, 0) is 33.5 Å². The number of hydrogen-bond acceptors (Lipinski definition) is 4. The first-order valence-electron chi connectivity index (χ1n) is 13.3. The van der Waals surface area contributed by atoms with Crippen molar-refractivity contribution in [3.05, 3.63) is 82.4 Å². The van der Waals surface area contributed by atoms with Crippen molar-refractivity contribution in [1.82, 2.24) is 0 Å². The number of benzene rings is 3. The third kappa shape index (κ3) is 7.58. The van der Waals surface area contributed by atoms with Crippen LogP contribution >= 0.6 is 0 Å². The predicted molar refractivity (Wildman–Crippen MR) is 140 cm³/mol. The lowest BCUT2D eigenvalue weighted by Crippen LogP contribution is -2.37. The molecule has 0 radical (unpaired) electrons. The monoisotopic (exact) mass is 507 g/mol. The molecule has 0 atom stereocenters. The highest BCUT2D eigenvalue weighted by molar-refractivity contribution is 5.84.